The fourth-order valence-electron chi connectivity index (χ4n) is 3.98. The third kappa shape index (κ3) is 4.33. The highest BCUT2D eigenvalue weighted by Crippen LogP contribution is 2.30. The number of rotatable bonds is 6. The molecule has 0 saturated heterocycles. The van der Waals surface area contributed by atoms with Crippen molar-refractivity contribution < 1.29 is 19.1 Å². The van der Waals surface area contributed by atoms with Crippen LogP contribution in [0.1, 0.15) is 49.8 Å². The standard InChI is InChI=1S/C19H26FN3O3/c1-2-23(11-18(24)25)15-9-14(10-15)21-19(26)22-17-5-3-4-12-6-7-13(20)8-16(12)17/h6-8,14-15,17H,2-5,9-11H2,1H3,(H,24,25)(H2,21,22,26)/t14?,15?,17-/m1/s1. The van der Waals surface area contributed by atoms with E-state index in [1.54, 1.807) is 6.07 Å². The van der Waals surface area contributed by atoms with Gasteiger partial charge in [0, 0.05) is 12.1 Å². The number of aliphatic carboxylic acids is 1. The summed E-state index contributed by atoms with van der Waals surface area (Å²) < 4.78 is 13.5. The summed E-state index contributed by atoms with van der Waals surface area (Å²) in [6, 6.07) is 4.64. The molecule has 3 rings (SSSR count). The number of likely N-dealkylation sites (N-methyl/N-ethyl adjacent to an activating group) is 1. The molecule has 2 amide bonds. The van der Waals surface area contributed by atoms with Crippen molar-refractivity contribution in [2.75, 3.05) is 13.1 Å². The van der Waals surface area contributed by atoms with Gasteiger partial charge in [-0.1, -0.05) is 13.0 Å². The van der Waals surface area contributed by atoms with E-state index in [0.717, 1.165) is 43.2 Å². The molecule has 1 aromatic rings. The Kier molecular flexibility index (Phi) is 5.76. The molecule has 2 aliphatic carbocycles. The Morgan fingerprint density at radius 2 is 2.08 bits per heavy atom. The lowest BCUT2D eigenvalue weighted by molar-refractivity contribution is -0.139. The normalized spacial score (nSPS) is 24.5. The van der Waals surface area contributed by atoms with E-state index in [1.807, 2.05) is 11.8 Å². The maximum absolute atomic E-state index is 13.5. The number of fused-ring (bicyclic) bond motifs is 1. The maximum atomic E-state index is 13.5. The fraction of sp³-hybridized carbons (Fsp3) is 0.579. The number of hydrogen-bond donors (Lipinski definition) is 3. The molecule has 2 aliphatic rings. The zero-order chi connectivity index (χ0) is 18.7. The van der Waals surface area contributed by atoms with Crippen molar-refractivity contribution in [1.82, 2.24) is 15.5 Å². The van der Waals surface area contributed by atoms with E-state index in [4.69, 9.17) is 5.11 Å². The number of carbonyl (C=O) groups excluding carboxylic acids is 1. The van der Waals surface area contributed by atoms with Crippen LogP contribution in [0.2, 0.25) is 0 Å². The number of urea groups is 1. The molecule has 1 fully saturated rings. The lowest BCUT2D eigenvalue weighted by Gasteiger charge is -2.42. The first-order valence-corrected chi connectivity index (χ1v) is 9.27. The smallest absolute Gasteiger partial charge is 0.317 e. The molecule has 1 saturated carbocycles. The molecule has 7 heteroatoms. The van der Waals surface area contributed by atoms with Crippen molar-refractivity contribution in [3.63, 3.8) is 0 Å². The lowest BCUT2D eigenvalue weighted by atomic mass is 9.85. The Labute approximate surface area is 152 Å². The van der Waals surface area contributed by atoms with Crippen LogP contribution in [0.15, 0.2) is 18.2 Å². The Morgan fingerprint density at radius 3 is 2.77 bits per heavy atom. The average Bonchev–Trinajstić information content (AvgIpc) is 2.56. The van der Waals surface area contributed by atoms with Crippen LogP contribution >= 0.6 is 0 Å². The highest BCUT2D eigenvalue weighted by molar-refractivity contribution is 5.75. The molecule has 3 N–H and O–H groups in total. The number of hydrogen-bond acceptors (Lipinski definition) is 3. The second-order valence-electron chi connectivity index (χ2n) is 7.18. The van der Waals surface area contributed by atoms with Gasteiger partial charge in [-0.25, -0.2) is 9.18 Å². The molecule has 6 nitrogen and oxygen atoms in total. The first-order chi connectivity index (χ1) is 12.5. The van der Waals surface area contributed by atoms with E-state index < -0.39 is 5.97 Å². The number of amides is 2. The zero-order valence-corrected chi connectivity index (χ0v) is 15.0. The summed E-state index contributed by atoms with van der Waals surface area (Å²) in [5.41, 5.74) is 1.97. The van der Waals surface area contributed by atoms with Crippen LogP contribution in [0, 0.1) is 5.82 Å². The highest BCUT2D eigenvalue weighted by atomic mass is 19.1. The molecule has 142 valence electrons. The predicted molar refractivity (Wildman–Crippen MR) is 95.4 cm³/mol. The molecule has 26 heavy (non-hydrogen) atoms. The molecule has 0 heterocycles. The highest BCUT2D eigenvalue weighted by Gasteiger charge is 2.35. The first kappa shape index (κ1) is 18.6. The predicted octanol–water partition coefficient (Wildman–Crippen LogP) is 2.44. The van der Waals surface area contributed by atoms with Gasteiger partial charge in [-0.3, -0.25) is 9.69 Å². The molecule has 1 aromatic carbocycles. The third-order valence-electron chi connectivity index (χ3n) is 5.44. The molecule has 0 spiro atoms. The zero-order valence-electron chi connectivity index (χ0n) is 15.0. The molecule has 0 bridgehead atoms. The van der Waals surface area contributed by atoms with Crippen molar-refractivity contribution in [2.24, 2.45) is 0 Å². The van der Waals surface area contributed by atoms with Crippen molar-refractivity contribution in [2.45, 2.75) is 57.2 Å². The van der Waals surface area contributed by atoms with Gasteiger partial charge in [-0.05, 0) is 61.9 Å². The van der Waals surface area contributed by atoms with Crippen LogP contribution in [-0.4, -0.2) is 47.2 Å². The quantitative estimate of drug-likeness (QED) is 0.725. The summed E-state index contributed by atoms with van der Waals surface area (Å²) in [5.74, 6) is -1.11. The van der Waals surface area contributed by atoms with Gasteiger partial charge in [0.05, 0.1) is 12.6 Å². The van der Waals surface area contributed by atoms with Crippen LogP contribution in [-0.2, 0) is 11.2 Å². The van der Waals surface area contributed by atoms with Gasteiger partial charge >= 0.3 is 12.0 Å². The van der Waals surface area contributed by atoms with Crippen LogP contribution in [0.4, 0.5) is 9.18 Å². The van der Waals surface area contributed by atoms with Gasteiger partial charge in [0.25, 0.3) is 0 Å². The van der Waals surface area contributed by atoms with E-state index >= 15 is 0 Å². The van der Waals surface area contributed by atoms with Gasteiger partial charge in [-0.15, -0.1) is 0 Å². The molecule has 0 aromatic heterocycles. The Hall–Kier alpha value is -2.15. The number of carboxylic acids is 1. The molecule has 0 radical (unpaired) electrons. The van der Waals surface area contributed by atoms with Crippen molar-refractivity contribution in [3.8, 4) is 0 Å². The largest absolute Gasteiger partial charge is 0.480 e. The minimum atomic E-state index is -0.829. The maximum Gasteiger partial charge on any atom is 0.317 e. The van der Waals surface area contributed by atoms with Crippen molar-refractivity contribution in [3.05, 3.63) is 35.1 Å². The van der Waals surface area contributed by atoms with E-state index in [0.29, 0.717) is 6.54 Å². The van der Waals surface area contributed by atoms with Gasteiger partial charge in [0.15, 0.2) is 0 Å². The van der Waals surface area contributed by atoms with Crippen LogP contribution in [0.5, 0.6) is 0 Å². The monoisotopic (exact) mass is 363 g/mol. The summed E-state index contributed by atoms with van der Waals surface area (Å²) in [7, 11) is 0. The number of aryl methyl sites for hydroxylation is 1. The number of carbonyl (C=O) groups is 2. The van der Waals surface area contributed by atoms with Crippen molar-refractivity contribution in [1.29, 1.82) is 0 Å². The number of benzene rings is 1. The van der Waals surface area contributed by atoms with Crippen LogP contribution < -0.4 is 10.6 Å². The van der Waals surface area contributed by atoms with Gasteiger partial charge in [-0.2, -0.15) is 0 Å². The summed E-state index contributed by atoms with van der Waals surface area (Å²) in [6.45, 7) is 2.65. The molecular weight excluding hydrogens is 337 g/mol. The number of halogens is 1. The van der Waals surface area contributed by atoms with Gasteiger partial charge < -0.3 is 15.7 Å². The van der Waals surface area contributed by atoms with E-state index in [9.17, 15) is 14.0 Å². The second-order valence-corrected chi connectivity index (χ2v) is 7.18. The first-order valence-electron chi connectivity index (χ1n) is 9.27. The molecule has 0 unspecified atom stereocenters. The second kappa shape index (κ2) is 8.03. The van der Waals surface area contributed by atoms with Gasteiger partial charge in [0.2, 0.25) is 0 Å². The Morgan fingerprint density at radius 1 is 1.31 bits per heavy atom. The number of carboxylic acid groups (broad SMARTS) is 1. The topological polar surface area (TPSA) is 81.7 Å². The van der Waals surface area contributed by atoms with Crippen molar-refractivity contribution >= 4 is 12.0 Å². The Balaban J connectivity index is 1.49. The average molecular weight is 363 g/mol. The minimum Gasteiger partial charge on any atom is -0.480 e. The summed E-state index contributed by atoms with van der Waals surface area (Å²) >= 11 is 0. The fourth-order valence-corrected chi connectivity index (χ4v) is 3.98. The molecular formula is C19H26FN3O3. The third-order valence-corrected chi connectivity index (χ3v) is 5.44. The number of nitrogens with zero attached hydrogens (tertiary/aromatic N) is 1. The summed E-state index contributed by atoms with van der Waals surface area (Å²) in [5, 5.41) is 14.8. The van der Waals surface area contributed by atoms with E-state index in [-0.39, 0.29) is 36.5 Å². The molecule has 0 aliphatic heterocycles. The van der Waals surface area contributed by atoms with Gasteiger partial charge in [0.1, 0.15) is 5.82 Å². The SMILES string of the molecule is CCN(CC(=O)O)C1CC(NC(=O)N[C@@H]2CCCc3ccc(F)cc32)C1. The number of nitrogens with one attached hydrogen (secondary N) is 2. The Bertz CT molecular complexity index is 676. The molecule has 1 atom stereocenters. The minimum absolute atomic E-state index is 0.0322. The van der Waals surface area contributed by atoms with E-state index in [1.165, 1.54) is 12.1 Å². The van der Waals surface area contributed by atoms with Crippen LogP contribution in [0.3, 0.4) is 0 Å². The van der Waals surface area contributed by atoms with E-state index in [2.05, 4.69) is 10.6 Å². The summed E-state index contributed by atoms with van der Waals surface area (Å²) in [6.07, 6.45) is 4.19. The van der Waals surface area contributed by atoms with Crippen LogP contribution in [0.25, 0.3) is 0 Å². The lowest BCUT2D eigenvalue weighted by Crippen LogP contribution is -2.56. The summed E-state index contributed by atoms with van der Waals surface area (Å²) in [4.78, 5) is 25.1.